The van der Waals surface area contributed by atoms with Crippen LogP contribution in [0.1, 0.15) is 5.69 Å². The average molecular weight is 210 g/mol. The lowest BCUT2D eigenvalue weighted by molar-refractivity contribution is 0.217. The first-order valence-corrected chi connectivity index (χ1v) is 4.99. The quantitative estimate of drug-likeness (QED) is 0.660. The zero-order valence-electron chi connectivity index (χ0n) is 8.40. The van der Waals surface area contributed by atoms with Crippen molar-refractivity contribution in [3.8, 4) is 0 Å². The van der Waals surface area contributed by atoms with Gasteiger partial charge in [-0.15, -0.1) is 0 Å². The molecule has 1 aromatic rings. The molecular weight excluding hydrogens is 196 g/mol. The third-order valence-corrected chi connectivity index (χ3v) is 2.30. The number of amides is 2. The minimum atomic E-state index is 0.0261. The second-order valence-corrected chi connectivity index (χ2v) is 3.39. The molecular formula is C9H14N4O2. The van der Waals surface area contributed by atoms with Gasteiger partial charge in [-0.25, -0.2) is 4.79 Å². The molecule has 1 fully saturated rings. The zero-order valence-corrected chi connectivity index (χ0v) is 8.40. The molecule has 0 unspecified atom stereocenters. The summed E-state index contributed by atoms with van der Waals surface area (Å²) in [6.07, 6.45) is 1.55. The molecule has 0 atom stereocenters. The second-order valence-electron chi connectivity index (χ2n) is 3.39. The number of nitrogens with one attached hydrogen (secondary N) is 2. The van der Waals surface area contributed by atoms with Crippen LogP contribution in [0.15, 0.2) is 16.9 Å². The molecule has 1 aromatic heterocycles. The van der Waals surface area contributed by atoms with Gasteiger partial charge in [0, 0.05) is 38.8 Å². The van der Waals surface area contributed by atoms with Crippen molar-refractivity contribution in [3.05, 3.63) is 18.0 Å². The van der Waals surface area contributed by atoms with Crippen molar-refractivity contribution in [1.29, 1.82) is 0 Å². The summed E-state index contributed by atoms with van der Waals surface area (Å²) in [5.74, 6) is 0. The van der Waals surface area contributed by atoms with E-state index in [-0.39, 0.29) is 6.03 Å². The van der Waals surface area contributed by atoms with Crippen molar-refractivity contribution < 1.29 is 9.32 Å². The molecule has 0 aliphatic carbocycles. The van der Waals surface area contributed by atoms with Crippen LogP contribution in [0.5, 0.6) is 0 Å². The third-order valence-electron chi connectivity index (χ3n) is 2.30. The third kappa shape index (κ3) is 2.69. The molecule has 1 saturated heterocycles. The molecule has 6 heteroatoms. The molecule has 2 heterocycles. The lowest BCUT2D eigenvalue weighted by Gasteiger charge is -2.13. The van der Waals surface area contributed by atoms with E-state index in [1.54, 1.807) is 11.2 Å². The normalized spacial score (nSPS) is 15.7. The maximum atomic E-state index is 11.2. The lowest BCUT2D eigenvalue weighted by atomic mass is 10.4. The summed E-state index contributed by atoms with van der Waals surface area (Å²) >= 11 is 0. The highest BCUT2D eigenvalue weighted by atomic mass is 16.5. The highest BCUT2D eigenvalue weighted by Crippen LogP contribution is 1.95. The minimum absolute atomic E-state index is 0.0261. The number of hydrogen-bond donors (Lipinski definition) is 2. The molecule has 82 valence electrons. The standard InChI is InChI=1S/C9H14N4O2/c14-9-11-3-5-13(9)4-2-10-7-8-1-6-15-12-8/h1,6,10H,2-5,7H2,(H,11,14). The van der Waals surface area contributed by atoms with Gasteiger partial charge in [-0.05, 0) is 0 Å². The predicted octanol–water partition coefficient (Wildman–Crippen LogP) is -0.211. The summed E-state index contributed by atoms with van der Waals surface area (Å²) in [7, 11) is 0. The van der Waals surface area contributed by atoms with E-state index < -0.39 is 0 Å². The Morgan fingerprint density at radius 1 is 1.67 bits per heavy atom. The van der Waals surface area contributed by atoms with Gasteiger partial charge >= 0.3 is 6.03 Å². The van der Waals surface area contributed by atoms with E-state index in [1.807, 2.05) is 6.07 Å². The Bertz CT molecular complexity index is 312. The summed E-state index contributed by atoms with van der Waals surface area (Å²) in [6, 6.07) is 1.84. The summed E-state index contributed by atoms with van der Waals surface area (Å²) < 4.78 is 4.70. The predicted molar refractivity (Wildman–Crippen MR) is 53.2 cm³/mol. The van der Waals surface area contributed by atoms with E-state index in [1.165, 1.54) is 0 Å². The van der Waals surface area contributed by atoms with Crippen molar-refractivity contribution >= 4 is 6.03 Å². The fraction of sp³-hybridized carbons (Fsp3) is 0.556. The Kier molecular flexibility index (Phi) is 3.18. The van der Waals surface area contributed by atoms with Crippen LogP contribution in [0.25, 0.3) is 0 Å². The molecule has 2 N–H and O–H groups in total. The van der Waals surface area contributed by atoms with Crippen LogP contribution >= 0.6 is 0 Å². The second kappa shape index (κ2) is 4.79. The molecule has 6 nitrogen and oxygen atoms in total. The van der Waals surface area contributed by atoms with Gasteiger partial charge in [-0.2, -0.15) is 0 Å². The Morgan fingerprint density at radius 2 is 2.60 bits per heavy atom. The molecule has 2 amide bonds. The van der Waals surface area contributed by atoms with Gasteiger partial charge in [-0.1, -0.05) is 5.16 Å². The summed E-state index contributed by atoms with van der Waals surface area (Å²) in [5, 5.41) is 9.72. The number of rotatable bonds is 5. The monoisotopic (exact) mass is 210 g/mol. The fourth-order valence-electron chi connectivity index (χ4n) is 1.48. The Morgan fingerprint density at radius 3 is 3.27 bits per heavy atom. The maximum Gasteiger partial charge on any atom is 0.317 e. The van der Waals surface area contributed by atoms with Crippen molar-refractivity contribution in [2.24, 2.45) is 0 Å². The molecule has 1 aliphatic heterocycles. The molecule has 15 heavy (non-hydrogen) atoms. The first-order valence-electron chi connectivity index (χ1n) is 4.99. The largest absolute Gasteiger partial charge is 0.364 e. The number of carbonyl (C=O) groups is 1. The lowest BCUT2D eigenvalue weighted by Crippen LogP contribution is -2.34. The van der Waals surface area contributed by atoms with Gasteiger partial charge in [0.25, 0.3) is 0 Å². The van der Waals surface area contributed by atoms with E-state index in [0.29, 0.717) is 6.54 Å². The Labute approximate surface area is 87.6 Å². The van der Waals surface area contributed by atoms with Crippen LogP contribution in [0.3, 0.4) is 0 Å². The van der Waals surface area contributed by atoms with Crippen molar-refractivity contribution in [2.45, 2.75) is 6.54 Å². The number of aromatic nitrogens is 1. The number of urea groups is 1. The van der Waals surface area contributed by atoms with Gasteiger partial charge in [0.1, 0.15) is 6.26 Å². The highest BCUT2D eigenvalue weighted by Gasteiger charge is 2.17. The Balaban J connectivity index is 1.61. The number of hydrogen-bond acceptors (Lipinski definition) is 4. The van der Waals surface area contributed by atoms with Gasteiger partial charge in [0.05, 0.1) is 5.69 Å². The van der Waals surface area contributed by atoms with Crippen LogP contribution in [0.4, 0.5) is 4.79 Å². The highest BCUT2D eigenvalue weighted by molar-refractivity contribution is 5.76. The first-order chi connectivity index (χ1) is 7.36. The van der Waals surface area contributed by atoms with Crippen LogP contribution in [0.2, 0.25) is 0 Å². The van der Waals surface area contributed by atoms with Gasteiger partial charge in [0.2, 0.25) is 0 Å². The molecule has 0 aromatic carbocycles. The minimum Gasteiger partial charge on any atom is -0.364 e. The van der Waals surface area contributed by atoms with E-state index in [4.69, 9.17) is 4.52 Å². The average Bonchev–Trinajstić information content (AvgIpc) is 2.85. The van der Waals surface area contributed by atoms with Gasteiger partial charge in [-0.3, -0.25) is 0 Å². The van der Waals surface area contributed by atoms with Gasteiger partial charge in [0.15, 0.2) is 0 Å². The van der Waals surface area contributed by atoms with E-state index in [0.717, 1.165) is 31.9 Å². The van der Waals surface area contributed by atoms with Gasteiger partial charge < -0.3 is 20.1 Å². The molecule has 0 spiro atoms. The molecule has 0 radical (unpaired) electrons. The molecule has 0 bridgehead atoms. The van der Waals surface area contributed by atoms with Crippen LogP contribution in [0, 0.1) is 0 Å². The smallest absolute Gasteiger partial charge is 0.317 e. The fourth-order valence-corrected chi connectivity index (χ4v) is 1.48. The summed E-state index contributed by atoms with van der Waals surface area (Å²) in [4.78, 5) is 12.9. The van der Waals surface area contributed by atoms with E-state index in [9.17, 15) is 4.79 Å². The Hall–Kier alpha value is -1.56. The van der Waals surface area contributed by atoms with Crippen molar-refractivity contribution in [1.82, 2.24) is 20.7 Å². The first kappa shape index (κ1) is 9.97. The van der Waals surface area contributed by atoms with Crippen molar-refractivity contribution in [3.63, 3.8) is 0 Å². The van der Waals surface area contributed by atoms with Crippen molar-refractivity contribution in [2.75, 3.05) is 26.2 Å². The maximum absolute atomic E-state index is 11.2. The summed E-state index contributed by atoms with van der Waals surface area (Å²) in [6.45, 7) is 3.71. The summed E-state index contributed by atoms with van der Waals surface area (Å²) in [5.41, 5.74) is 0.876. The van der Waals surface area contributed by atoms with E-state index >= 15 is 0 Å². The van der Waals surface area contributed by atoms with Crippen LogP contribution < -0.4 is 10.6 Å². The van der Waals surface area contributed by atoms with E-state index in [2.05, 4.69) is 15.8 Å². The topological polar surface area (TPSA) is 70.4 Å². The number of carbonyl (C=O) groups excluding carboxylic acids is 1. The van der Waals surface area contributed by atoms with Crippen LogP contribution in [-0.4, -0.2) is 42.3 Å². The van der Waals surface area contributed by atoms with Crippen LogP contribution in [-0.2, 0) is 6.54 Å². The molecule has 1 aliphatic rings. The molecule has 2 rings (SSSR count). The number of nitrogens with zero attached hydrogens (tertiary/aromatic N) is 2. The SMILES string of the molecule is O=C1NCCN1CCNCc1ccon1. The molecule has 0 saturated carbocycles. The zero-order chi connectivity index (χ0) is 10.5.